The van der Waals surface area contributed by atoms with Crippen LogP contribution in [0.1, 0.15) is 47.7 Å². The number of carbonyl (C=O) groups excluding carboxylic acids is 2. The standard InChI is InChI=1S/C18H21NO3.C9H8O4/c1-19-8-7-18-11-4-5-13(20)17(18)22-16-14(21-2)6-3-10(15(16)18)9-12(11)19;1-6(10)13-8-5-3-2-4-7(8)9(11)12/h3,6,11-12,17H,4-5,7-9H2,1-2H3;2-5H,1H3,(H,11,12)/t11-,12+,17-,18-;/m0./s1. The lowest BCUT2D eigenvalue weighted by atomic mass is 9.52. The summed E-state index contributed by atoms with van der Waals surface area (Å²) in [5, 5.41) is 8.69. The Bertz CT molecular complexity index is 1210. The van der Waals surface area contributed by atoms with Gasteiger partial charge in [0, 0.05) is 30.4 Å². The maximum Gasteiger partial charge on any atom is 0.339 e. The number of aromatic carboxylic acids is 1. The number of carboxylic acids is 1. The molecule has 0 amide bonds. The molecule has 2 bridgehead atoms. The van der Waals surface area contributed by atoms with Gasteiger partial charge in [-0.3, -0.25) is 9.59 Å². The number of hydrogen-bond acceptors (Lipinski definition) is 7. The van der Waals surface area contributed by atoms with Crippen molar-refractivity contribution < 1.29 is 33.7 Å². The van der Waals surface area contributed by atoms with Crippen LogP contribution < -0.4 is 14.2 Å². The van der Waals surface area contributed by atoms with Gasteiger partial charge in [-0.15, -0.1) is 0 Å². The summed E-state index contributed by atoms with van der Waals surface area (Å²) < 4.78 is 16.5. The van der Waals surface area contributed by atoms with Crippen molar-refractivity contribution in [1.29, 1.82) is 0 Å². The second-order valence-corrected chi connectivity index (χ2v) is 9.68. The molecule has 2 aliphatic heterocycles. The van der Waals surface area contributed by atoms with Gasteiger partial charge in [0.1, 0.15) is 11.3 Å². The van der Waals surface area contributed by atoms with Crippen LogP contribution in [0.2, 0.25) is 0 Å². The van der Waals surface area contributed by atoms with E-state index in [9.17, 15) is 14.4 Å². The number of Topliss-reactive ketones (excluding diaryl/α,β-unsaturated/α-hetero) is 1. The number of carbonyl (C=O) groups is 3. The van der Waals surface area contributed by atoms with Crippen molar-refractivity contribution in [3.8, 4) is 17.2 Å². The Balaban J connectivity index is 0.000000168. The molecule has 4 atom stereocenters. The Morgan fingerprint density at radius 3 is 2.66 bits per heavy atom. The number of esters is 1. The van der Waals surface area contributed by atoms with Gasteiger partial charge in [-0.05, 0) is 62.5 Å². The number of nitrogens with zero attached hydrogens (tertiary/aromatic N) is 1. The van der Waals surface area contributed by atoms with Gasteiger partial charge in [-0.25, -0.2) is 4.79 Å². The van der Waals surface area contributed by atoms with Crippen molar-refractivity contribution in [3.05, 3.63) is 53.1 Å². The van der Waals surface area contributed by atoms with Crippen molar-refractivity contribution in [2.45, 2.75) is 50.2 Å². The zero-order valence-corrected chi connectivity index (χ0v) is 20.1. The molecule has 8 heteroatoms. The van der Waals surface area contributed by atoms with Crippen molar-refractivity contribution in [1.82, 2.24) is 4.90 Å². The van der Waals surface area contributed by atoms with Gasteiger partial charge in [0.25, 0.3) is 0 Å². The van der Waals surface area contributed by atoms with Crippen molar-refractivity contribution in [3.63, 3.8) is 0 Å². The summed E-state index contributed by atoms with van der Waals surface area (Å²) in [6.07, 6.45) is 3.47. The minimum Gasteiger partial charge on any atom is -0.493 e. The predicted molar refractivity (Wildman–Crippen MR) is 126 cm³/mol. The number of methoxy groups -OCH3 is 1. The number of para-hydroxylation sites is 1. The molecule has 4 aliphatic rings. The molecule has 8 nitrogen and oxygen atoms in total. The lowest BCUT2D eigenvalue weighted by molar-refractivity contribution is -0.138. The third-order valence-electron chi connectivity index (χ3n) is 7.96. The molecule has 2 heterocycles. The van der Waals surface area contributed by atoms with Gasteiger partial charge in [-0.1, -0.05) is 18.2 Å². The van der Waals surface area contributed by atoms with Gasteiger partial charge < -0.3 is 24.2 Å². The van der Waals surface area contributed by atoms with E-state index in [4.69, 9.17) is 14.6 Å². The smallest absolute Gasteiger partial charge is 0.339 e. The lowest BCUT2D eigenvalue weighted by Crippen LogP contribution is -2.65. The van der Waals surface area contributed by atoms with Crippen molar-refractivity contribution in [2.24, 2.45) is 5.92 Å². The molecule has 2 aromatic carbocycles. The quantitative estimate of drug-likeness (QED) is 0.529. The first-order chi connectivity index (χ1) is 16.8. The van der Waals surface area contributed by atoms with Gasteiger partial charge in [0.05, 0.1) is 7.11 Å². The normalized spacial score (nSPS) is 27.6. The third-order valence-corrected chi connectivity index (χ3v) is 7.96. The van der Waals surface area contributed by atoms with Crippen LogP contribution in [0.5, 0.6) is 17.2 Å². The van der Waals surface area contributed by atoms with Crippen LogP contribution in [0.3, 0.4) is 0 Å². The third kappa shape index (κ3) is 3.58. The van der Waals surface area contributed by atoms with Gasteiger partial charge in [0.15, 0.2) is 23.4 Å². The fourth-order valence-electron chi connectivity index (χ4n) is 6.56. The summed E-state index contributed by atoms with van der Waals surface area (Å²) in [6, 6.07) is 10.7. The van der Waals surface area contributed by atoms with Crippen LogP contribution in [0, 0.1) is 5.92 Å². The zero-order valence-electron chi connectivity index (χ0n) is 20.1. The van der Waals surface area contributed by atoms with E-state index < -0.39 is 11.9 Å². The molecule has 0 radical (unpaired) electrons. The summed E-state index contributed by atoms with van der Waals surface area (Å²) in [5.74, 6) is 0.883. The van der Waals surface area contributed by atoms with Crippen LogP contribution in [-0.4, -0.2) is 60.6 Å². The topological polar surface area (TPSA) is 102 Å². The first kappa shape index (κ1) is 23.4. The second kappa shape index (κ2) is 8.68. The van der Waals surface area contributed by atoms with E-state index in [1.165, 1.54) is 30.2 Å². The molecule has 184 valence electrons. The minimum absolute atomic E-state index is 0.0160. The van der Waals surface area contributed by atoms with E-state index in [-0.39, 0.29) is 28.6 Å². The number of ether oxygens (including phenoxy) is 3. The number of rotatable bonds is 3. The average molecular weight is 480 g/mol. The number of benzene rings is 2. The molecule has 1 spiro atoms. The zero-order chi connectivity index (χ0) is 24.9. The number of piperidine rings is 1. The van der Waals surface area contributed by atoms with E-state index in [1.807, 2.05) is 6.07 Å². The number of likely N-dealkylation sites (tertiary alicyclic amines) is 1. The van der Waals surface area contributed by atoms with Crippen molar-refractivity contribution in [2.75, 3.05) is 20.7 Å². The fraction of sp³-hybridized carbons (Fsp3) is 0.444. The van der Waals surface area contributed by atoms with Crippen LogP contribution in [-0.2, 0) is 21.4 Å². The molecule has 1 N–H and O–H groups in total. The molecule has 2 aliphatic carbocycles. The first-order valence-corrected chi connectivity index (χ1v) is 11.9. The number of hydrogen-bond donors (Lipinski definition) is 1. The Hall–Kier alpha value is -3.39. The lowest BCUT2D eigenvalue weighted by Gasteiger charge is -2.57. The molecule has 0 unspecified atom stereocenters. The summed E-state index contributed by atoms with van der Waals surface area (Å²) in [6.45, 7) is 2.27. The van der Waals surface area contributed by atoms with Crippen LogP contribution in [0.15, 0.2) is 36.4 Å². The SMILES string of the molecule is CC(=O)Oc1ccccc1C(=O)O.COc1ccc2c3c1O[C@H]1C(=O)CC[C@H]4[C@@H](C2)N(C)CC[C@]314. The fourth-order valence-corrected chi connectivity index (χ4v) is 6.56. The maximum atomic E-state index is 12.6. The van der Waals surface area contributed by atoms with Crippen molar-refractivity contribution >= 4 is 17.7 Å². The van der Waals surface area contributed by atoms with E-state index in [0.29, 0.717) is 18.4 Å². The Morgan fingerprint density at radius 2 is 1.94 bits per heavy atom. The Labute approximate surface area is 203 Å². The van der Waals surface area contributed by atoms with Crippen LogP contribution in [0.4, 0.5) is 0 Å². The largest absolute Gasteiger partial charge is 0.493 e. The number of likely N-dealkylation sites (N-methyl/N-ethyl adjacent to an activating group) is 1. The Kier molecular flexibility index (Phi) is 5.79. The van der Waals surface area contributed by atoms with E-state index >= 15 is 0 Å². The molecule has 1 saturated heterocycles. The highest BCUT2D eigenvalue weighted by atomic mass is 16.5. The Morgan fingerprint density at radius 1 is 1.17 bits per heavy atom. The maximum absolute atomic E-state index is 12.6. The summed E-state index contributed by atoms with van der Waals surface area (Å²) >= 11 is 0. The molecule has 2 aromatic rings. The molecular formula is C27H29NO7. The molecule has 0 aromatic heterocycles. The van der Waals surface area contributed by atoms with E-state index in [1.54, 1.807) is 19.2 Å². The van der Waals surface area contributed by atoms with Crippen LogP contribution in [0.25, 0.3) is 0 Å². The minimum atomic E-state index is -1.11. The molecule has 35 heavy (non-hydrogen) atoms. The summed E-state index contributed by atoms with van der Waals surface area (Å²) in [5.41, 5.74) is 2.56. The average Bonchev–Trinajstić information content (AvgIpc) is 3.18. The highest BCUT2D eigenvalue weighted by Gasteiger charge is 2.65. The first-order valence-electron chi connectivity index (χ1n) is 11.9. The highest BCUT2D eigenvalue weighted by molar-refractivity contribution is 5.92. The summed E-state index contributed by atoms with van der Waals surface area (Å²) in [7, 11) is 3.91. The van der Waals surface area contributed by atoms with Crippen LogP contribution >= 0.6 is 0 Å². The summed E-state index contributed by atoms with van der Waals surface area (Å²) in [4.78, 5) is 36.3. The van der Waals surface area contributed by atoms with E-state index in [2.05, 4.69) is 22.8 Å². The van der Waals surface area contributed by atoms with Gasteiger partial charge in [0.2, 0.25) is 0 Å². The molecule has 2 fully saturated rings. The second-order valence-electron chi connectivity index (χ2n) is 9.68. The molecular weight excluding hydrogens is 450 g/mol. The molecule has 1 saturated carbocycles. The van der Waals surface area contributed by atoms with Gasteiger partial charge in [-0.2, -0.15) is 0 Å². The monoisotopic (exact) mass is 479 g/mol. The highest BCUT2D eigenvalue weighted by Crippen LogP contribution is 2.63. The van der Waals surface area contributed by atoms with E-state index in [0.717, 1.165) is 37.3 Å². The predicted octanol–water partition coefficient (Wildman–Crippen LogP) is 3.24. The number of carboxylic acid groups (broad SMARTS) is 1. The van der Waals surface area contributed by atoms with Gasteiger partial charge >= 0.3 is 11.9 Å². The molecule has 6 rings (SSSR count). The number of ketones is 1.